The molecule has 0 saturated carbocycles. The molecule has 0 radical (unpaired) electrons. The van der Waals surface area contributed by atoms with Crippen LogP contribution < -0.4 is 4.74 Å². The molecule has 0 atom stereocenters. The molecule has 0 spiro atoms. The summed E-state index contributed by atoms with van der Waals surface area (Å²) in [6, 6.07) is 4.44. The molecule has 4 heteroatoms. The average Bonchev–Trinajstić information content (AvgIpc) is 2.75. The highest BCUT2D eigenvalue weighted by Crippen LogP contribution is 2.26. The molecule has 1 saturated heterocycles. The van der Waals surface area contributed by atoms with Crippen LogP contribution in [0.3, 0.4) is 0 Å². The molecule has 1 heterocycles. The molecular weight excluding hydrogens is 269 g/mol. The van der Waals surface area contributed by atoms with Gasteiger partial charge in [-0.25, -0.2) is 4.39 Å². The van der Waals surface area contributed by atoms with Crippen LogP contribution in [-0.2, 0) is 0 Å². The summed E-state index contributed by atoms with van der Waals surface area (Å²) in [7, 11) is 1.42. The predicted octanol–water partition coefficient (Wildman–Crippen LogP) is 3.67. The van der Waals surface area contributed by atoms with Gasteiger partial charge < -0.3 is 4.74 Å². The summed E-state index contributed by atoms with van der Waals surface area (Å²) in [6.07, 6.45) is 4.68. The Labute approximate surface area is 126 Å². The van der Waals surface area contributed by atoms with Gasteiger partial charge in [0.2, 0.25) is 0 Å². The highest BCUT2D eigenvalue weighted by Gasteiger charge is 2.35. The summed E-state index contributed by atoms with van der Waals surface area (Å²) in [4.78, 5) is 15.0. The molecule has 0 amide bonds. The lowest BCUT2D eigenvalue weighted by Crippen LogP contribution is -2.50. The fourth-order valence-electron chi connectivity index (χ4n) is 2.93. The minimum atomic E-state index is -0.606. The molecule has 0 N–H and O–H groups in total. The highest BCUT2D eigenvalue weighted by atomic mass is 19.1. The van der Waals surface area contributed by atoms with E-state index in [0.29, 0.717) is 5.56 Å². The quantitative estimate of drug-likeness (QED) is 0.793. The average molecular weight is 293 g/mol. The van der Waals surface area contributed by atoms with Crippen LogP contribution in [0.5, 0.6) is 5.75 Å². The van der Waals surface area contributed by atoms with E-state index in [-0.39, 0.29) is 11.5 Å². The first kappa shape index (κ1) is 16.0. The number of rotatable bonds is 4. The predicted molar refractivity (Wildman–Crippen MR) is 81.4 cm³/mol. The Morgan fingerprint density at radius 2 is 1.81 bits per heavy atom. The van der Waals surface area contributed by atoms with E-state index >= 15 is 0 Å². The van der Waals surface area contributed by atoms with Crippen molar-refractivity contribution < 1.29 is 13.9 Å². The normalized spacial score (nSPS) is 17.3. The summed E-state index contributed by atoms with van der Waals surface area (Å²) in [5.74, 6) is -0.361. The lowest BCUT2D eigenvalue weighted by atomic mass is 9.90. The Kier molecular flexibility index (Phi) is 4.99. The number of nitrogens with zero attached hydrogens (tertiary/aromatic N) is 1. The molecule has 0 aliphatic carbocycles. The van der Waals surface area contributed by atoms with Crippen molar-refractivity contribution in [1.29, 1.82) is 0 Å². The molecule has 0 unspecified atom stereocenters. The Morgan fingerprint density at radius 1 is 1.19 bits per heavy atom. The maximum Gasteiger partial charge on any atom is 0.182 e. The van der Waals surface area contributed by atoms with Crippen LogP contribution in [0.1, 0.15) is 49.9 Å². The summed E-state index contributed by atoms with van der Waals surface area (Å²) >= 11 is 0. The first-order valence-corrected chi connectivity index (χ1v) is 7.60. The maximum atomic E-state index is 13.8. The van der Waals surface area contributed by atoms with Gasteiger partial charge in [-0.1, -0.05) is 12.8 Å². The van der Waals surface area contributed by atoms with Crippen LogP contribution in [0.4, 0.5) is 4.39 Å². The van der Waals surface area contributed by atoms with Gasteiger partial charge in [0.15, 0.2) is 17.3 Å². The second-order valence-electron chi connectivity index (χ2n) is 6.14. The van der Waals surface area contributed by atoms with E-state index in [9.17, 15) is 9.18 Å². The molecule has 1 aromatic rings. The van der Waals surface area contributed by atoms with Crippen molar-refractivity contribution in [3.8, 4) is 5.75 Å². The molecule has 0 bridgehead atoms. The summed E-state index contributed by atoms with van der Waals surface area (Å²) in [5.41, 5.74) is -0.201. The van der Waals surface area contributed by atoms with Crippen LogP contribution in [0.2, 0.25) is 0 Å². The van der Waals surface area contributed by atoms with Gasteiger partial charge in [-0.2, -0.15) is 0 Å². The molecule has 21 heavy (non-hydrogen) atoms. The second-order valence-corrected chi connectivity index (χ2v) is 6.14. The number of benzene rings is 1. The Balaban J connectivity index is 2.22. The number of ketones is 1. The smallest absolute Gasteiger partial charge is 0.182 e. The van der Waals surface area contributed by atoms with Crippen molar-refractivity contribution in [2.24, 2.45) is 0 Å². The van der Waals surface area contributed by atoms with Crippen LogP contribution in [0.25, 0.3) is 0 Å². The molecular formula is C17H24FNO2. The molecule has 1 aliphatic heterocycles. The number of carbonyl (C=O) groups is 1. The standard InChI is InChI=1S/C17H24FNO2/c1-17(2,19-10-6-4-5-7-11-19)16(20)13-8-9-15(21-3)14(18)12-13/h8-9,12H,4-7,10-11H2,1-3H3. The maximum absolute atomic E-state index is 13.8. The minimum absolute atomic E-state index is 0.0362. The molecule has 2 rings (SSSR count). The topological polar surface area (TPSA) is 29.5 Å². The van der Waals surface area contributed by atoms with Gasteiger partial charge in [0.25, 0.3) is 0 Å². The molecule has 3 nitrogen and oxygen atoms in total. The largest absolute Gasteiger partial charge is 0.494 e. The van der Waals surface area contributed by atoms with Crippen LogP contribution in [0.15, 0.2) is 18.2 Å². The van der Waals surface area contributed by atoms with E-state index in [0.717, 1.165) is 25.9 Å². The lowest BCUT2D eigenvalue weighted by Gasteiger charge is -2.36. The highest BCUT2D eigenvalue weighted by molar-refractivity contribution is 6.02. The molecule has 1 aromatic carbocycles. The third kappa shape index (κ3) is 3.43. The third-order valence-electron chi connectivity index (χ3n) is 4.37. The van der Waals surface area contributed by atoms with Crippen molar-refractivity contribution in [2.75, 3.05) is 20.2 Å². The number of halogens is 1. The number of ether oxygens (including phenoxy) is 1. The summed E-state index contributed by atoms with van der Waals surface area (Å²) < 4.78 is 18.7. The molecule has 1 fully saturated rings. The Hall–Kier alpha value is -1.42. The van der Waals surface area contributed by atoms with Gasteiger partial charge in [0, 0.05) is 5.56 Å². The van der Waals surface area contributed by atoms with E-state index in [1.54, 1.807) is 6.07 Å². The Bertz CT molecular complexity index is 506. The second kappa shape index (κ2) is 6.56. The van der Waals surface area contributed by atoms with Gasteiger partial charge in [-0.05, 0) is 58.0 Å². The van der Waals surface area contributed by atoms with Crippen molar-refractivity contribution in [1.82, 2.24) is 4.90 Å². The van der Waals surface area contributed by atoms with Crippen molar-refractivity contribution in [2.45, 2.75) is 45.1 Å². The number of Topliss-reactive ketones (excluding diaryl/α,β-unsaturated/α-hetero) is 1. The summed E-state index contributed by atoms with van der Waals surface area (Å²) in [5, 5.41) is 0. The first-order valence-electron chi connectivity index (χ1n) is 7.60. The van der Waals surface area contributed by atoms with Gasteiger partial charge in [-0.3, -0.25) is 9.69 Å². The fraction of sp³-hybridized carbons (Fsp3) is 0.588. The Morgan fingerprint density at radius 3 is 2.33 bits per heavy atom. The van der Waals surface area contributed by atoms with Crippen molar-refractivity contribution in [3.05, 3.63) is 29.6 Å². The van der Waals surface area contributed by atoms with Gasteiger partial charge in [0.1, 0.15) is 0 Å². The lowest BCUT2D eigenvalue weighted by molar-refractivity contribution is 0.0649. The molecule has 1 aliphatic rings. The van der Waals surface area contributed by atoms with Crippen LogP contribution in [-0.4, -0.2) is 36.4 Å². The van der Waals surface area contributed by atoms with Crippen LogP contribution >= 0.6 is 0 Å². The van der Waals surface area contributed by atoms with E-state index in [1.807, 2.05) is 13.8 Å². The van der Waals surface area contributed by atoms with E-state index in [4.69, 9.17) is 4.74 Å². The fourth-order valence-corrected chi connectivity index (χ4v) is 2.93. The van der Waals surface area contributed by atoms with E-state index in [1.165, 1.54) is 32.1 Å². The SMILES string of the molecule is COc1ccc(C(=O)C(C)(C)N2CCCCCC2)cc1F. The monoisotopic (exact) mass is 293 g/mol. The zero-order chi connectivity index (χ0) is 15.5. The molecule has 0 aromatic heterocycles. The van der Waals surface area contributed by atoms with Crippen LogP contribution in [0, 0.1) is 5.82 Å². The molecule has 116 valence electrons. The number of methoxy groups -OCH3 is 1. The first-order chi connectivity index (χ1) is 9.96. The number of likely N-dealkylation sites (tertiary alicyclic amines) is 1. The van der Waals surface area contributed by atoms with Gasteiger partial charge in [0.05, 0.1) is 12.6 Å². The summed E-state index contributed by atoms with van der Waals surface area (Å²) in [6.45, 7) is 5.72. The number of hydrogen-bond donors (Lipinski definition) is 0. The number of carbonyl (C=O) groups excluding carboxylic acids is 1. The van der Waals surface area contributed by atoms with Gasteiger partial charge in [-0.15, -0.1) is 0 Å². The van der Waals surface area contributed by atoms with E-state index < -0.39 is 11.4 Å². The van der Waals surface area contributed by atoms with Gasteiger partial charge >= 0.3 is 0 Å². The zero-order valence-corrected chi connectivity index (χ0v) is 13.1. The number of hydrogen-bond acceptors (Lipinski definition) is 3. The third-order valence-corrected chi connectivity index (χ3v) is 4.37. The zero-order valence-electron chi connectivity index (χ0n) is 13.1. The van der Waals surface area contributed by atoms with Crippen molar-refractivity contribution >= 4 is 5.78 Å². The minimum Gasteiger partial charge on any atom is -0.494 e. The van der Waals surface area contributed by atoms with Crippen molar-refractivity contribution in [3.63, 3.8) is 0 Å². The van der Waals surface area contributed by atoms with E-state index in [2.05, 4.69) is 4.90 Å².